The van der Waals surface area contributed by atoms with Crippen LogP contribution in [0.1, 0.15) is 25.7 Å². The van der Waals surface area contributed by atoms with Crippen molar-refractivity contribution in [2.24, 2.45) is 5.92 Å². The molecule has 1 aliphatic carbocycles. The van der Waals surface area contributed by atoms with Crippen molar-refractivity contribution in [3.8, 4) is 5.88 Å². The molecule has 4 heteroatoms. The Labute approximate surface area is 108 Å². The highest BCUT2D eigenvalue weighted by Crippen LogP contribution is 2.27. The summed E-state index contributed by atoms with van der Waals surface area (Å²) in [5.74, 6) is 1.39. The first-order chi connectivity index (χ1) is 8.28. The van der Waals surface area contributed by atoms with Crippen LogP contribution in [0.2, 0.25) is 0 Å². The van der Waals surface area contributed by atoms with Crippen LogP contribution in [0.3, 0.4) is 0 Å². The third-order valence-electron chi connectivity index (χ3n) is 3.32. The van der Waals surface area contributed by atoms with Crippen LogP contribution in [0.5, 0.6) is 5.88 Å². The van der Waals surface area contributed by atoms with Gasteiger partial charge in [0.25, 0.3) is 0 Å². The van der Waals surface area contributed by atoms with E-state index in [0.29, 0.717) is 11.3 Å². The quantitative estimate of drug-likeness (QED) is 0.838. The highest BCUT2D eigenvalue weighted by atomic mass is 35.5. The van der Waals surface area contributed by atoms with E-state index in [1.54, 1.807) is 13.3 Å². The van der Waals surface area contributed by atoms with Crippen molar-refractivity contribution >= 4 is 17.3 Å². The fourth-order valence-corrected chi connectivity index (χ4v) is 2.47. The summed E-state index contributed by atoms with van der Waals surface area (Å²) >= 11 is 6.09. The number of ether oxygens (including phenoxy) is 1. The van der Waals surface area contributed by atoms with Gasteiger partial charge in [-0.2, -0.15) is 0 Å². The molecule has 1 aliphatic rings. The number of anilines is 1. The van der Waals surface area contributed by atoms with E-state index in [1.807, 2.05) is 12.1 Å². The van der Waals surface area contributed by atoms with E-state index in [-0.39, 0.29) is 0 Å². The van der Waals surface area contributed by atoms with Gasteiger partial charge in [0.05, 0.1) is 7.11 Å². The molecule has 3 nitrogen and oxygen atoms in total. The standard InChI is InChI=1S/C13H19ClN2O/c1-17-13-8-12(6-7-15-13)16-9-10-2-4-11(14)5-3-10/h6-8,10-11H,2-5,9H2,1H3,(H,15,16). The van der Waals surface area contributed by atoms with Gasteiger partial charge in [0.15, 0.2) is 0 Å². The molecule has 0 bridgehead atoms. The molecule has 0 unspecified atom stereocenters. The number of halogens is 1. The van der Waals surface area contributed by atoms with E-state index in [2.05, 4.69) is 10.3 Å². The zero-order chi connectivity index (χ0) is 12.1. The number of hydrogen-bond donors (Lipinski definition) is 1. The lowest BCUT2D eigenvalue weighted by Gasteiger charge is -2.25. The Morgan fingerprint density at radius 1 is 1.41 bits per heavy atom. The molecule has 1 fully saturated rings. The Bertz CT molecular complexity index is 351. The number of rotatable bonds is 4. The first-order valence-electron chi connectivity index (χ1n) is 6.16. The molecule has 0 saturated heterocycles. The molecule has 94 valence electrons. The molecule has 0 aliphatic heterocycles. The van der Waals surface area contributed by atoms with Gasteiger partial charge < -0.3 is 10.1 Å². The molecule has 0 spiro atoms. The predicted molar refractivity (Wildman–Crippen MR) is 70.9 cm³/mol. The smallest absolute Gasteiger partial charge is 0.214 e. The number of methoxy groups -OCH3 is 1. The van der Waals surface area contributed by atoms with Crippen LogP contribution in [0.15, 0.2) is 18.3 Å². The number of nitrogens with one attached hydrogen (secondary N) is 1. The Balaban J connectivity index is 1.81. The molecule has 17 heavy (non-hydrogen) atoms. The molecule has 0 atom stereocenters. The Hall–Kier alpha value is -0.960. The highest BCUT2D eigenvalue weighted by Gasteiger charge is 2.18. The number of pyridine rings is 1. The monoisotopic (exact) mass is 254 g/mol. The van der Waals surface area contributed by atoms with E-state index >= 15 is 0 Å². The van der Waals surface area contributed by atoms with Crippen LogP contribution in [0.4, 0.5) is 5.69 Å². The molecule has 1 N–H and O–H groups in total. The molecular weight excluding hydrogens is 236 g/mol. The van der Waals surface area contributed by atoms with Gasteiger partial charge in [-0.05, 0) is 37.7 Å². The largest absolute Gasteiger partial charge is 0.481 e. The molecule has 1 heterocycles. The normalized spacial score (nSPS) is 24.4. The Morgan fingerprint density at radius 2 is 2.18 bits per heavy atom. The molecule has 1 aromatic heterocycles. The van der Waals surface area contributed by atoms with Gasteiger partial charge in [-0.15, -0.1) is 11.6 Å². The first-order valence-corrected chi connectivity index (χ1v) is 6.59. The third-order valence-corrected chi connectivity index (χ3v) is 3.75. The van der Waals surface area contributed by atoms with Gasteiger partial charge in [-0.1, -0.05) is 0 Å². The summed E-state index contributed by atoms with van der Waals surface area (Å²) in [6, 6.07) is 3.89. The maximum absolute atomic E-state index is 6.09. The molecule has 0 amide bonds. The summed E-state index contributed by atoms with van der Waals surface area (Å²) < 4.78 is 5.09. The molecule has 0 radical (unpaired) electrons. The Kier molecular flexibility index (Phi) is 4.49. The zero-order valence-electron chi connectivity index (χ0n) is 10.2. The van der Waals surface area contributed by atoms with Crippen LogP contribution < -0.4 is 10.1 Å². The minimum Gasteiger partial charge on any atom is -0.481 e. The van der Waals surface area contributed by atoms with Crippen molar-refractivity contribution < 1.29 is 4.74 Å². The Morgan fingerprint density at radius 3 is 2.88 bits per heavy atom. The first kappa shape index (κ1) is 12.5. The molecule has 1 aromatic rings. The van der Waals surface area contributed by atoms with Gasteiger partial charge in [0, 0.05) is 29.9 Å². The van der Waals surface area contributed by atoms with Gasteiger partial charge >= 0.3 is 0 Å². The number of nitrogens with zero attached hydrogens (tertiary/aromatic N) is 1. The summed E-state index contributed by atoms with van der Waals surface area (Å²) in [6.07, 6.45) is 6.50. The zero-order valence-corrected chi connectivity index (χ0v) is 10.9. The van der Waals surface area contributed by atoms with Gasteiger partial charge in [-0.3, -0.25) is 0 Å². The van der Waals surface area contributed by atoms with Crippen molar-refractivity contribution in [3.05, 3.63) is 18.3 Å². The van der Waals surface area contributed by atoms with Crippen LogP contribution in [-0.4, -0.2) is 24.0 Å². The third kappa shape index (κ3) is 3.77. The van der Waals surface area contributed by atoms with Crippen molar-refractivity contribution in [2.75, 3.05) is 19.0 Å². The van der Waals surface area contributed by atoms with Crippen LogP contribution >= 0.6 is 11.6 Å². The average Bonchev–Trinajstić information content (AvgIpc) is 2.38. The average molecular weight is 255 g/mol. The predicted octanol–water partition coefficient (Wildman–Crippen LogP) is 3.30. The molecule has 1 saturated carbocycles. The lowest BCUT2D eigenvalue weighted by molar-refractivity contribution is 0.377. The second-order valence-corrected chi connectivity index (χ2v) is 5.20. The minimum absolute atomic E-state index is 0.396. The van der Waals surface area contributed by atoms with E-state index in [9.17, 15) is 0 Å². The fraction of sp³-hybridized carbons (Fsp3) is 0.615. The lowest BCUT2D eigenvalue weighted by atomic mass is 9.89. The SMILES string of the molecule is COc1cc(NCC2CCC(Cl)CC2)ccn1. The number of hydrogen-bond acceptors (Lipinski definition) is 3. The minimum atomic E-state index is 0.396. The van der Waals surface area contributed by atoms with Crippen LogP contribution in [0.25, 0.3) is 0 Å². The topological polar surface area (TPSA) is 34.1 Å². The van der Waals surface area contributed by atoms with Gasteiger partial charge in [0.1, 0.15) is 0 Å². The van der Waals surface area contributed by atoms with E-state index in [0.717, 1.165) is 31.0 Å². The maximum atomic E-state index is 6.09. The highest BCUT2D eigenvalue weighted by molar-refractivity contribution is 6.20. The summed E-state index contributed by atoms with van der Waals surface area (Å²) in [5, 5.41) is 3.84. The maximum Gasteiger partial charge on any atom is 0.214 e. The van der Waals surface area contributed by atoms with Crippen molar-refractivity contribution in [3.63, 3.8) is 0 Å². The van der Waals surface area contributed by atoms with Crippen molar-refractivity contribution in [1.29, 1.82) is 0 Å². The molecule has 2 rings (SSSR count). The van der Waals surface area contributed by atoms with Gasteiger partial charge in [0.2, 0.25) is 5.88 Å². The van der Waals surface area contributed by atoms with Crippen LogP contribution in [0, 0.1) is 5.92 Å². The summed E-state index contributed by atoms with van der Waals surface area (Å²) in [6.45, 7) is 1.01. The number of aromatic nitrogens is 1. The van der Waals surface area contributed by atoms with Crippen molar-refractivity contribution in [2.45, 2.75) is 31.1 Å². The fourth-order valence-electron chi connectivity index (χ4n) is 2.22. The lowest BCUT2D eigenvalue weighted by Crippen LogP contribution is -2.21. The van der Waals surface area contributed by atoms with Crippen LogP contribution in [-0.2, 0) is 0 Å². The summed E-state index contributed by atoms with van der Waals surface area (Å²) in [7, 11) is 1.63. The van der Waals surface area contributed by atoms with E-state index in [1.165, 1.54) is 12.8 Å². The summed E-state index contributed by atoms with van der Waals surface area (Å²) in [4.78, 5) is 4.08. The number of alkyl halides is 1. The van der Waals surface area contributed by atoms with E-state index < -0.39 is 0 Å². The second kappa shape index (κ2) is 6.10. The van der Waals surface area contributed by atoms with E-state index in [4.69, 9.17) is 16.3 Å². The van der Waals surface area contributed by atoms with Gasteiger partial charge in [-0.25, -0.2) is 4.98 Å². The van der Waals surface area contributed by atoms with Crippen molar-refractivity contribution in [1.82, 2.24) is 4.98 Å². The summed E-state index contributed by atoms with van der Waals surface area (Å²) in [5.41, 5.74) is 1.07. The molecule has 0 aromatic carbocycles. The molecular formula is C13H19ClN2O. The second-order valence-electron chi connectivity index (χ2n) is 4.59.